The van der Waals surface area contributed by atoms with Crippen molar-refractivity contribution in [3.63, 3.8) is 0 Å². The monoisotopic (exact) mass is 415 g/mol. The van der Waals surface area contributed by atoms with Crippen LogP contribution >= 0.6 is 0 Å². The number of carbonyl (C=O) groups excluding carboxylic acids is 2. The fraction of sp³-hybridized carbons (Fsp3) is 0.550. The van der Waals surface area contributed by atoms with Crippen molar-refractivity contribution < 1.29 is 14.3 Å². The van der Waals surface area contributed by atoms with Gasteiger partial charge in [0.2, 0.25) is 5.95 Å². The van der Waals surface area contributed by atoms with Gasteiger partial charge in [-0.1, -0.05) is 0 Å². The van der Waals surface area contributed by atoms with Crippen molar-refractivity contribution in [1.29, 1.82) is 0 Å². The summed E-state index contributed by atoms with van der Waals surface area (Å²) in [6.07, 6.45) is 2.29. The lowest BCUT2D eigenvalue weighted by Crippen LogP contribution is -2.31. The molecule has 0 saturated carbocycles. The second kappa shape index (κ2) is 9.21. The van der Waals surface area contributed by atoms with Gasteiger partial charge < -0.3 is 19.9 Å². The largest absolute Gasteiger partial charge is 0.383 e. The number of nitrogens with one attached hydrogen (secondary N) is 1. The molecule has 0 bridgehead atoms. The summed E-state index contributed by atoms with van der Waals surface area (Å²) in [6, 6.07) is 1.79. The van der Waals surface area contributed by atoms with Crippen LogP contribution in [0.1, 0.15) is 44.6 Å². The van der Waals surface area contributed by atoms with E-state index in [9.17, 15) is 9.59 Å². The Hall–Kier alpha value is -3.01. The first kappa shape index (κ1) is 21.7. The van der Waals surface area contributed by atoms with Gasteiger partial charge in [0, 0.05) is 60.0 Å². The van der Waals surface area contributed by atoms with Crippen LogP contribution in [0.2, 0.25) is 0 Å². The number of aryl methyl sites for hydroxylation is 2. The molecule has 10 heteroatoms. The molecule has 2 aromatic rings. The number of methoxy groups -OCH3 is 1. The molecule has 162 valence electrons. The quantitative estimate of drug-likeness (QED) is 0.660. The molecule has 1 N–H and O–H groups in total. The number of aromatic nitrogens is 4. The van der Waals surface area contributed by atoms with Crippen LogP contribution in [-0.4, -0.2) is 83.9 Å². The average Bonchev–Trinajstić information content (AvgIpc) is 3.33. The minimum Gasteiger partial charge on any atom is -0.383 e. The standard InChI is InChI=1S/C20H29N7O3/c1-13-10-16(26(4)24-13)19(29)27-8-6-14(12-27)17-15(18(28)21-7-9-30-5)11-22-20(23-17)25(2)3/h10-11,14H,6-9,12H2,1-5H3,(H,21,28). The smallest absolute Gasteiger partial charge is 0.272 e. The van der Waals surface area contributed by atoms with Crippen molar-refractivity contribution in [3.05, 3.63) is 34.9 Å². The Morgan fingerprint density at radius 1 is 1.37 bits per heavy atom. The van der Waals surface area contributed by atoms with E-state index >= 15 is 0 Å². The lowest BCUT2D eigenvalue weighted by molar-refractivity contribution is 0.0779. The molecule has 1 fully saturated rings. The Balaban J connectivity index is 1.83. The molecular formula is C20H29N7O3. The SMILES string of the molecule is COCCNC(=O)c1cnc(N(C)C)nc1C1CCN(C(=O)c2cc(C)nn2C)C1. The summed E-state index contributed by atoms with van der Waals surface area (Å²) in [5, 5.41) is 7.10. The van der Waals surface area contributed by atoms with Gasteiger partial charge in [-0.25, -0.2) is 9.97 Å². The minimum absolute atomic E-state index is 0.0480. The molecule has 3 heterocycles. The van der Waals surface area contributed by atoms with Gasteiger partial charge in [-0.3, -0.25) is 14.3 Å². The summed E-state index contributed by atoms with van der Waals surface area (Å²) in [7, 11) is 7.06. The number of carbonyl (C=O) groups is 2. The zero-order chi connectivity index (χ0) is 21.8. The van der Waals surface area contributed by atoms with Crippen molar-refractivity contribution in [2.75, 3.05) is 52.3 Å². The van der Waals surface area contributed by atoms with Gasteiger partial charge in [-0.15, -0.1) is 0 Å². The molecule has 1 aliphatic rings. The molecule has 0 aliphatic carbocycles. The number of amides is 2. The second-order valence-corrected chi connectivity index (χ2v) is 7.64. The van der Waals surface area contributed by atoms with Gasteiger partial charge in [-0.05, 0) is 19.4 Å². The fourth-order valence-corrected chi connectivity index (χ4v) is 3.59. The zero-order valence-electron chi connectivity index (χ0n) is 18.2. The van der Waals surface area contributed by atoms with Crippen molar-refractivity contribution in [2.24, 2.45) is 7.05 Å². The van der Waals surface area contributed by atoms with Crippen LogP contribution in [0.15, 0.2) is 12.3 Å². The number of ether oxygens (including phenoxy) is 1. The Labute approximate surface area is 176 Å². The van der Waals surface area contributed by atoms with Crippen LogP contribution in [0.25, 0.3) is 0 Å². The summed E-state index contributed by atoms with van der Waals surface area (Å²) >= 11 is 0. The molecular weight excluding hydrogens is 386 g/mol. The highest BCUT2D eigenvalue weighted by Gasteiger charge is 2.33. The van der Waals surface area contributed by atoms with Gasteiger partial charge >= 0.3 is 0 Å². The summed E-state index contributed by atoms with van der Waals surface area (Å²) in [6.45, 7) is 3.78. The number of rotatable bonds is 7. The molecule has 0 spiro atoms. The zero-order valence-corrected chi connectivity index (χ0v) is 18.2. The molecule has 1 saturated heterocycles. The van der Waals surface area contributed by atoms with Gasteiger partial charge in [-0.2, -0.15) is 5.10 Å². The Morgan fingerprint density at radius 2 is 2.13 bits per heavy atom. The summed E-state index contributed by atoms with van der Waals surface area (Å²) in [4.78, 5) is 38.2. The first-order chi connectivity index (χ1) is 14.3. The number of likely N-dealkylation sites (tertiary alicyclic amines) is 1. The van der Waals surface area contributed by atoms with E-state index < -0.39 is 0 Å². The number of hydrogen-bond donors (Lipinski definition) is 1. The van der Waals surface area contributed by atoms with Crippen LogP contribution in [0.5, 0.6) is 0 Å². The predicted molar refractivity (Wildman–Crippen MR) is 112 cm³/mol. The van der Waals surface area contributed by atoms with Crippen molar-refractivity contribution in [3.8, 4) is 0 Å². The first-order valence-corrected chi connectivity index (χ1v) is 9.93. The van der Waals surface area contributed by atoms with E-state index in [1.165, 1.54) is 0 Å². The maximum absolute atomic E-state index is 13.0. The molecule has 1 unspecified atom stereocenters. The molecule has 30 heavy (non-hydrogen) atoms. The fourth-order valence-electron chi connectivity index (χ4n) is 3.59. The molecule has 10 nitrogen and oxygen atoms in total. The van der Waals surface area contributed by atoms with E-state index in [2.05, 4.69) is 20.4 Å². The molecule has 3 rings (SSSR count). The number of anilines is 1. The normalized spacial score (nSPS) is 16.0. The number of hydrogen-bond acceptors (Lipinski definition) is 7. The third-order valence-electron chi connectivity index (χ3n) is 5.13. The van der Waals surface area contributed by atoms with Crippen LogP contribution in [-0.2, 0) is 11.8 Å². The van der Waals surface area contributed by atoms with Crippen LogP contribution in [0.4, 0.5) is 5.95 Å². The average molecular weight is 415 g/mol. The van der Waals surface area contributed by atoms with Crippen molar-refractivity contribution in [1.82, 2.24) is 30.0 Å². The molecule has 0 aromatic carbocycles. The Kier molecular flexibility index (Phi) is 6.66. The summed E-state index contributed by atoms with van der Waals surface area (Å²) in [5.74, 6) is 0.187. The van der Waals surface area contributed by atoms with Gasteiger partial charge in [0.05, 0.1) is 23.6 Å². The van der Waals surface area contributed by atoms with Crippen LogP contribution in [0, 0.1) is 6.92 Å². The molecule has 2 amide bonds. The maximum Gasteiger partial charge on any atom is 0.272 e. The van der Waals surface area contributed by atoms with Crippen LogP contribution < -0.4 is 10.2 Å². The maximum atomic E-state index is 13.0. The topological polar surface area (TPSA) is 105 Å². The van der Waals surface area contributed by atoms with E-state index in [1.54, 1.807) is 40.9 Å². The summed E-state index contributed by atoms with van der Waals surface area (Å²) in [5.41, 5.74) is 2.47. The first-order valence-electron chi connectivity index (χ1n) is 9.93. The van der Waals surface area contributed by atoms with E-state index in [-0.39, 0.29) is 17.7 Å². The third-order valence-corrected chi connectivity index (χ3v) is 5.13. The number of nitrogens with zero attached hydrogens (tertiary/aromatic N) is 6. The highest BCUT2D eigenvalue weighted by atomic mass is 16.5. The molecule has 0 radical (unpaired) electrons. The minimum atomic E-state index is -0.237. The highest BCUT2D eigenvalue weighted by molar-refractivity contribution is 5.95. The molecule has 1 atom stereocenters. The van der Waals surface area contributed by atoms with Crippen molar-refractivity contribution in [2.45, 2.75) is 19.3 Å². The second-order valence-electron chi connectivity index (χ2n) is 7.64. The van der Waals surface area contributed by atoms with E-state index in [4.69, 9.17) is 4.74 Å². The van der Waals surface area contributed by atoms with E-state index in [1.807, 2.05) is 21.0 Å². The van der Waals surface area contributed by atoms with Gasteiger partial charge in [0.1, 0.15) is 5.69 Å². The summed E-state index contributed by atoms with van der Waals surface area (Å²) < 4.78 is 6.60. The molecule has 2 aromatic heterocycles. The third kappa shape index (κ3) is 4.59. The van der Waals surface area contributed by atoms with Gasteiger partial charge in [0.15, 0.2) is 0 Å². The Bertz CT molecular complexity index is 925. The van der Waals surface area contributed by atoms with E-state index in [0.29, 0.717) is 49.1 Å². The predicted octanol–water partition coefficient (Wildman–Crippen LogP) is 0.590. The van der Waals surface area contributed by atoms with Crippen LogP contribution in [0.3, 0.4) is 0 Å². The highest BCUT2D eigenvalue weighted by Crippen LogP contribution is 2.30. The van der Waals surface area contributed by atoms with Crippen molar-refractivity contribution >= 4 is 17.8 Å². The Morgan fingerprint density at radius 3 is 2.77 bits per heavy atom. The lowest BCUT2D eigenvalue weighted by Gasteiger charge is -2.19. The lowest BCUT2D eigenvalue weighted by atomic mass is 9.99. The van der Waals surface area contributed by atoms with Gasteiger partial charge in [0.25, 0.3) is 11.8 Å². The molecule has 1 aliphatic heterocycles. The van der Waals surface area contributed by atoms with E-state index in [0.717, 1.165) is 12.1 Å².